The van der Waals surface area contributed by atoms with Crippen molar-refractivity contribution in [2.75, 3.05) is 26.2 Å². The Bertz CT molecular complexity index is 971. The molecule has 1 aliphatic heterocycles. The number of carbonyl (C=O) groups is 2. The molecule has 2 fully saturated rings. The maximum absolute atomic E-state index is 12.6. The molecule has 0 spiro atoms. The predicted molar refractivity (Wildman–Crippen MR) is 98.5 cm³/mol. The van der Waals surface area contributed by atoms with Gasteiger partial charge in [0.25, 0.3) is 0 Å². The van der Waals surface area contributed by atoms with Gasteiger partial charge in [-0.1, -0.05) is 0 Å². The van der Waals surface area contributed by atoms with E-state index in [4.69, 9.17) is 25.5 Å². The molecule has 2 heterocycles. The number of sulfonamides is 1. The Balaban J connectivity index is 0.000000451. The van der Waals surface area contributed by atoms with Crippen molar-refractivity contribution in [2.45, 2.75) is 11.1 Å². The Labute approximate surface area is 179 Å². The van der Waals surface area contributed by atoms with E-state index in [2.05, 4.69) is 4.98 Å². The van der Waals surface area contributed by atoms with Gasteiger partial charge in [0.15, 0.2) is 0 Å². The quantitative estimate of drug-likeness (QED) is 0.476. The molecule has 1 aromatic heterocycles. The van der Waals surface area contributed by atoms with Crippen molar-refractivity contribution in [3.63, 3.8) is 0 Å². The number of hydrogen-bond donors (Lipinski definition) is 3. The summed E-state index contributed by atoms with van der Waals surface area (Å²) < 4.78 is 75.8. The summed E-state index contributed by atoms with van der Waals surface area (Å²) in [5.41, 5.74) is 5.56. The Kier molecular flexibility index (Phi) is 7.79. The van der Waals surface area contributed by atoms with E-state index < -0.39 is 34.1 Å². The Morgan fingerprint density at radius 1 is 1.25 bits per heavy atom. The second-order valence-corrected chi connectivity index (χ2v) is 8.85. The van der Waals surface area contributed by atoms with Crippen LogP contribution in [0.4, 0.5) is 17.6 Å². The van der Waals surface area contributed by atoms with Crippen LogP contribution in [0.3, 0.4) is 0 Å². The van der Waals surface area contributed by atoms with Gasteiger partial charge in [-0.3, -0.25) is 4.79 Å². The first-order valence-corrected chi connectivity index (χ1v) is 10.4. The zero-order chi connectivity index (χ0) is 24.3. The van der Waals surface area contributed by atoms with Crippen LogP contribution in [-0.2, 0) is 19.6 Å². The van der Waals surface area contributed by atoms with Gasteiger partial charge >= 0.3 is 18.1 Å². The van der Waals surface area contributed by atoms with Crippen LogP contribution in [0.5, 0.6) is 5.88 Å². The molecule has 178 valence electrons. The van der Waals surface area contributed by atoms with Gasteiger partial charge in [-0.2, -0.15) is 17.5 Å². The molecule has 15 heteroatoms. The van der Waals surface area contributed by atoms with Crippen LogP contribution < -0.4 is 10.5 Å². The first-order valence-electron chi connectivity index (χ1n) is 8.93. The second-order valence-electron chi connectivity index (χ2n) is 6.91. The number of halogens is 4. The topological polar surface area (TPSA) is 160 Å². The van der Waals surface area contributed by atoms with Gasteiger partial charge in [-0.25, -0.2) is 22.6 Å². The SMILES string of the molecule is NC/C(=C\F)COc1ccc(S(=O)(=O)N2C[C@H]3C(C(=O)O)[C@@H]3C2)cn1.O=C(O)C(F)(F)F. The smallest absolute Gasteiger partial charge is 0.481 e. The molecule has 0 radical (unpaired) electrons. The Morgan fingerprint density at radius 3 is 2.19 bits per heavy atom. The van der Waals surface area contributed by atoms with E-state index in [-0.39, 0.29) is 54.4 Å². The van der Waals surface area contributed by atoms with Crippen molar-refractivity contribution in [1.82, 2.24) is 9.29 Å². The third kappa shape index (κ3) is 5.92. The number of aromatic nitrogens is 1. The van der Waals surface area contributed by atoms with E-state index in [9.17, 15) is 30.8 Å². The summed E-state index contributed by atoms with van der Waals surface area (Å²) in [7, 11) is -3.72. The van der Waals surface area contributed by atoms with E-state index in [1.807, 2.05) is 0 Å². The third-order valence-corrected chi connectivity index (χ3v) is 6.67. The summed E-state index contributed by atoms with van der Waals surface area (Å²) in [5, 5.41) is 16.1. The number of nitrogens with two attached hydrogens (primary N) is 1. The van der Waals surface area contributed by atoms with Crippen molar-refractivity contribution in [3.05, 3.63) is 30.2 Å². The van der Waals surface area contributed by atoms with E-state index in [0.29, 0.717) is 6.33 Å². The van der Waals surface area contributed by atoms with Crippen molar-refractivity contribution in [1.29, 1.82) is 0 Å². The summed E-state index contributed by atoms with van der Waals surface area (Å²) in [5.74, 6) is -4.11. The first kappa shape index (κ1) is 25.5. The second kappa shape index (κ2) is 9.79. The van der Waals surface area contributed by atoms with Gasteiger partial charge in [0, 0.05) is 31.3 Å². The van der Waals surface area contributed by atoms with Crippen LogP contribution in [0.2, 0.25) is 0 Å². The Morgan fingerprint density at radius 2 is 1.81 bits per heavy atom. The monoisotopic (exact) mass is 485 g/mol. The highest BCUT2D eigenvalue weighted by Gasteiger charge is 2.61. The lowest BCUT2D eigenvalue weighted by Gasteiger charge is -2.18. The fourth-order valence-electron chi connectivity index (χ4n) is 3.11. The number of aliphatic carboxylic acids is 2. The highest BCUT2D eigenvalue weighted by Crippen LogP contribution is 2.52. The van der Waals surface area contributed by atoms with Crippen LogP contribution in [0, 0.1) is 17.8 Å². The highest BCUT2D eigenvalue weighted by atomic mass is 32.2. The zero-order valence-corrected chi connectivity index (χ0v) is 17.0. The molecule has 3 rings (SSSR count). The lowest BCUT2D eigenvalue weighted by atomic mass is 10.3. The van der Waals surface area contributed by atoms with Crippen LogP contribution in [-0.4, -0.2) is 72.3 Å². The van der Waals surface area contributed by atoms with Gasteiger partial charge in [-0.05, 0) is 17.9 Å². The molecule has 10 nitrogen and oxygen atoms in total. The maximum Gasteiger partial charge on any atom is 0.490 e. The average Bonchev–Trinajstić information content (AvgIpc) is 3.23. The molecule has 2 aliphatic rings. The fourth-order valence-corrected chi connectivity index (χ4v) is 4.57. The number of ether oxygens (including phenoxy) is 1. The molecule has 0 bridgehead atoms. The number of rotatable bonds is 7. The molecule has 1 saturated carbocycles. The lowest BCUT2D eigenvalue weighted by Crippen LogP contribution is -2.32. The third-order valence-electron chi connectivity index (χ3n) is 4.86. The lowest BCUT2D eigenvalue weighted by molar-refractivity contribution is -0.192. The minimum atomic E-state index is -5.08. The van der Waals surface area contributed by atoms with Gasteiger partial charge in [0.2, 0.25) is 15.9 Å². The number of piperidine rings is 1. The molecule has 1 aliphatic carbocycles. The van der Waals surface area contributed by atoms with Crippen LogP contribution >= 0.6 is 0 Å². The first-order chi connectivity index (χ1) is 14.8. The molecule has 0 aromatic carbocycles. The number of pyridine rings is 1. The van der Waals surface area contributed by atoms with Crippen LogP contribution in [0.15, 0.2) is 35.1 Å². The Hall–Kier alpha value is -2.78. The molecule has 1 saturated heterocycles. The summed E-state index contributed by atoms with van der Waals surface area (Å²) >= 11 is 0. The number of fused-ring (bicyclic) bond motifs is 1. The van der Waals surface area contributed by atoms with Gasteiger partial charge in [0.1, 0.15) is 11.5 Å². The molecular formula is C17H19F4N3O7S. The number of carboxylic acid groups (broad SMARTS) is 2. The summed E-state index contributed by atoms with van der Waals surface area (Å²) in [6.07, 6.45) is -3.55. The van der Waals surface area contributed by atoms with Crippen molar-refractivity contribution >= 4 is 22.0 Å². The number of nitrogens with zero attached hydrogens (tertiary/aromatic N) is 2. The summed E-state index contributed by atoms with van der Waals surface area (Å²) in [6, 6.07) is 2.74. The largest absolute Gasteiger partial charge is 0.490 e. The number of carboxylic acids is 2. The zero-order valence-electron chi connectivity index (χ0n) is 16.2. The molecule has 0 amide bonds. The number of hydrogen-bond acceptors (Lipinski definition) is 7. The maximum atomic E-state index is 12.6. The molecule has 0 unspecified atom stereocenters. The van der Waals surface area contributed by atoms with E-state index in [0.717, 1.165) is 0 Å². The van der Waals surface area contributed by atoms with E-state index in [1.165, 1.54) is 22.6 Å². The van der Waals surface area contributed by atoms with Gasteiger partial charge in [0.05, 0.1) is 18.4 Å². The fraction of sp³-hybridized carbons (Fsp3) is 0.471. The van der Waals surface area contributed by atoms with E-state index >= 15 is 0 Å². The summed E-state index contributed by atoms with van der Waals surface area (Å²) in [4.78, 5) is 23.8. The van der Waals surface area contributed by atoms with E-state index in [1.54, 1.807) is 0 Å². The van der Waals surface area contributed by atoms with Crippen molar-refractivity contribution < 1.29 is 50.5 Å². The standard InChI is InChI=1S/C15H18FN3O5S.C2HF3O2/c16-3-9(4-17)8-24-13-2-1-10(5-18-13)25(22,23)19-6-11-12(7-19)14(11)15(20)21;3-2(4,5)1(6)7/h1-3,5,11-12,14H,4,6-8,17H2,(H,20,21);(H,6,7)/b9-3+;/t11-,12-;/m1./s1. The molecular weight excluding hydrogens is 466 g/mol. The minimum absolute atomic E-state index is 0.00751. The van der Waals surface area contributed by atoms with Crippen LogP contribution in [0.1, 0.15) is 0 Å². The highest BCUT2D eigenvalue weighted by molar-refractivity contribution is 7.89. The summed E-state index contributed by atoms with van der Waals surface area (Å²) in [6.45, 7) is 0.364. The molecule has 32 heavy (non-hydrogen) atoms. The van der Waals surface area contributed by atoms with Gasteiger partial charge < -0.3 is 20.7 Å². The normalized spacial score (nSPS) is 23.0. The molecule has 1 aromatic rings. The minimum Gasteiger partial charge on any atom is -0.481 e. The van der Waals surface area contributed by atoms with Crippen molar-refractivity contribution in [2.24, 2.45) is 23.5 Å². The molecule has 2 atom stereocenters. The van der Waals surface area contributed by atoms with Gasteiger partial charge in [-0.15, -0.1) is 0 Å². The van der Waals surface area contributed by atoms with Crippen molar-refractivity contribution in [3.8, 4) is 5.88 Å². The average molecular weight is 485 g/mol. The number of alkyl halides is 3. The molecule has 4 N–H and O–H groups in total. The van der Waals surface area contributed by atoms with Crippen LogP contribution in [0.25, 0.3) is 0 Å². The predicted octanol–water partition coefficient (Wildman–Crippen LogP) is 0.857.